The first kappa shape index (κ1) is 15.3. The molecule has 0 aliphatic carbocycles. The monoisotopic (exact) mass is 282 g/mol. The number of rotatable bonds is 6. The molecule has 1 aliphatic heterocycles. The zero-order valence-electron chi connectivity index (χ0n) is 10.3. The van der Waals surface area contributed by atoms with Gasteiger partial charge in [0.1, 0.15) is 6.04 Å². The van der Waals surface area contributed by atoms with Crippen LogP contribution in [-0.2, 0) is 24.5 Å². The number of hydrogen-bond donors (Lipinski definition) is 2. The van der Waals surface area contributed by atoms with Crippen molar-refractivity contribution in [2.75, 3.05) is 33.9 Å². The van der Waals surface area contributed by atoms with Gasteiger partial charge < -0.3 is 14.6 Å². The van der Waals surface area contributed by atoms with Crippen LogP contribution in [0.2, 0.25) is 0 Å². The van der Waals surface area contributed by atoms with Crippen LogP contribution in [0.25, 0.3) is 0 Å². The number of esters is 1. The highest BCUT2D eigenvalue weighted by Gasteiger charge is 2.43. The van der Waals surface area contributed by atoms with Gasteiger partial charge in [0.15, 0.2) is 0 Å². The fourth-order valence-electron chi connectivity index (χ4n) is 1.76. The van der Waals surface area contributed by atoms with Crippen molar-refractivity contribution in [3.05, 3.63) is 0 Å². The number of ether oxygens (including phenoxy) is 2. The Labute approximate surface area is 106 Å². The van der Waals surface area contributed by atoms with Gasteiger partial charge in [-0.15, -0.1) is 0 Å². The molecule has 0 aromatic rings. The number of nitrogens with one attached hydrogen (secondary N) is 1. The van der Waals surface area contributed by atoms with Gasteiger partial charge in [0.2, 0.25) is 0 Å². The molecule has 0 saturated carbocycles. The van der Waals surface area contributed by atoms with Crippen LogP contribution in [0.15, 0.2) is 0 Å². The minimum absolute atomic E-state index is 0.0395. The third-order valence-electron chi connectivity index (χ3n) is 2.61. The molecule has 2 N–H and O–H groups in total. The Morgan fingerprint density at radius 2 is 2.17 bits per heavy atom. The number of nitrogens with zero attached hydrogens (tertiary/aromatic N) is 1. The summed E-state index contributed by atoms with van der Waals surface area (Å²) >= 11 is 0. The largest absolute Gasteiger partial charge is 0.468 e. The number of β-amino-alcohol motifs (C(OH)–C–C–N with tert-alkyl or cyclic N) is 1. The summed E-state index contributed by atoms with van der Waals surface area (Å²) in [7, 11) is -1.20. The third-order valence-corrected chi connectivity index (χ3v) is 4.20. The predicted octanol–water partition coefficient (Wildman–Crippen LogP) is -1.92. The van der Waals surface area contributed by atoms with Crippen LogP contribution in [0.4, 0.5) is 0 Å². The lowest BCUT2D eigenvalue weighted by atomic mass is 10.2. The van der Waals surface area contributed by atoms with Gasteiger partial charge in [-0.3, -0.25) is 4.79 Å². The molecule has 1 rings (SSSR count). The second-order valence-electron chi connectivity index (χ2n) is 3.89. The normalized spacial score (nSPS) is 25.3. The van der Waals surface area contributed by atoms with Gasteiger partial charge >= 0.3 is 5.97 Å². The quantitative estimate of drug-likeness (QED) is 0.434. The summed E-state index contributed by atoms with van der Waals surface area (Å²) in [6.45, 7) is 0.194. The SMILES string of the molecule is COCCNS(=O)(=O)N1CC(O)CC1C(=O)OC. The van der Waals surface area contributed by atoms with Crippen LogP contribution in [0.5, 0.6) is 0 Å². The van der Waals surface area contributed by atoms with Crippen LogP contribution in [0.3, 0.4) is 0 Å². The zero-order chi connectivity index (χ0) is 13.8. The van der Waals surface area contributed by atoms with Crippen molar-refractivity contribution in [3.63, 3.8) is 0 Å². The van der Waals surface area contributed by atoms with Crippen molar-refractivity contribution in [3.8, 4) is 0 Å². The lowest BCUT2D eigenvalue weighted by molar-refractivity contribution is -0.144. The van der Waals surface area contributed by atoms with Crippen LogP contribution in [0.1, 0.15) is 6.42 Å². The molecule has 2 unspecified atom stereocenters. The highest BCUT2D eigenvalue weighted by atomic mass is 32.2. The highest BCUT2D eigenvalue weighted by Crippen LogP contribution is 2.21. The number of carbonyl (C=O) groups is 1. The molecule has 2 atom stereocenters. The summed E-state index contributed by atoms with van der Waals surface area (Å²) in [6, 6.07) is -0.981. The predicted molar refractivity (Wildman–Crippen MR) is 61.9 cm³/mol. The van der Waals surface area contributed by atoms with Gasteiger partial charge in [-0.1, -0.05) is 0 Å². The summed E-state index contributed by atoms with van der Waals surface area (Å²) in [4.78, 5) is 11.5. The number of aliphatic hydroxyl groups is 1. The number of methoxy groups -OCH3 is 2. The lowest BCUT2D eigenvalue weighted by Crippen LogP contribution is -2.47. The van der Waals surface area contributed by atoms with Crippen LogP contribution in [-0.4, -0.2) is 69.9 Å². The third kappa shape index (κ3) is 3.62. The van der Waals surface area contributed by atoms with Crippen molar-refractivity contribution >= 4 is 16.2 Å². The van der Waals surface area contributed by atoms with E-state index in [1.165, 1.54) is 14.2 Å². The molecule has 0 amide bonds. The Kier molecular flexibility index (Phi) is 5.47. The first-order valence-electron chi connectivity index (χ1n) is 5.43. The Balaban J connectivity index is 2.75. The molecule has 1 heterocycles. The molecule has 8 nitrogen and oxygen atoms in total. The van der Waals surface area contributed by atoms with E-state index >= 15 is 0 Å². The molecule has 18 heavy (non-hydrogen) atoms. The Bertz CT molecular complexity index is 385. The van der Waals surface area contributed by atoms with E-state index in [0.717, 1.165) is 4.31 Å². The molecule has 9 heteroatoms. The molecule has 0 bridgehead atoms. The van der Waals surface area contributed by atoms with E-state index in [1.807, 2.05) is 0 Å². The summed E-state index contributed by atoms with van der Waals surface area (Å²) in [5, 5.41) is 9.48. The number of carbonyl (C=O) groups excluding carboxylic acids is 1. The summed E-state index contributed by atoms with van der Waals surface area (Å²) in [6.07, 6.45) is -0.828. The molecule has 0 aromatic carbocycles. The number of hydrogen-bond acceptors (Lipinski definition) is 6. The van der Waals surface area contributed by atoms with Crippen LogP contribution < -0.4 is 4.72 Å². The molecule has 1 aliphatic rings. The van der Waals surface area contributed by atoms with E-state index in [4.69, 9.17) is 4.74 Å². The molecule has 1 saturated heterocycles. The van der Waals surface area contributed by atoms with E-state index in [2.05, 4.69) is 9.46 Å². The molecular formula is C9H18N2O6S. The lowest BCUT2D eigenvalue weighted by Gasteiger charge is -2.21. The summed E-state index contributed by atoms with van der Waals surface area (Å²) in [5.74, 6) is -0.677. The van der Waals surface area contributed by atoms with Gasteiger partial charge in [0.05, 0.1) is 19.8 Å². The second kappa shape index (κ2) is 6.43. The smallest absolute Gasteiger partial charge is 0.324 e. The number of aliphatic hydroxyl groups excluding tert-OH is 1. The standard InChI is InChI=1S/C9H18N2O6S/c1-16-4-3-10-18(14,15)11-6-7(12)5-8(11)9(13)17-2/h7-8,10,12H,3-6H2,1-2H3. The van der Waals surface area contributed by atoms with E-state index < -0.39 is 28.3 Å². The van der Waals surface area contributed by atoms with Gasteiger partial charge in [-0.25, -0.2) is 0 Å². The van der Waals surface area contributed by atoms with Crippen LogP contribution >= 0.6 is 0 Å². The Morgan fingerprint density at radius 3 is 2.72 bits per heavy atom. The zero-order valence-corrected chi connectivity index (χ0v) is 11.1. The fraction of sp³-hybridized carbons (Fsp3) is 0.889. The van der Waals surface area contributed by atoms with Crippen LogP contribution in [0, 0.1) is 0 Å². The van der Waals surface area contributed by atoms with Gasteiger partial charge in [-0.05, 0) is 0 Å². The van der Waals surface area contributed by atoms with Crippen molar-refractivity contribution < 1.29 is 27.8 Å². The van der Waals surface area contributed by atoms with E-state index in [0.29, 0.717) is 0 Å². The van der Waals surface area contributed by atoms with Gasteiger partial charge in [0.25, 0.3) is 10.2 Å². The highest BCUT2D eigenvalue weighted by molar-refractivity contribution is 7.87. The second-order valence-corrected chi connectivity index (χ2v) is 5.60. The first-order chi connectivity index (χ1) is 8.42. The molecule has 0 radical (unpaired) electrons. The molecular weight excluding hydrogens is 264 g/mol. The first-order valence-corrected chi connectivity index (χ1v) is 6.87. The topological polar surface area (TPSA) is 105 Å². The summed E-state index contributed by atoms with van der Waals surface area (Å²) < 4.78 is 36.3. The maximum atomic E-state index is 11.9. The molecule has 0 spiro atoms. The van der Waals surface area contributed by atoms with Gasteiger partial charge in [-0.2, -0.15) is 17.4 Å². The van der Waals surface area contributed by atoms with Crippen molar-refractivity contribution in [1.82, 2.24) is 9.03 Å². The van der Waals surface area contributed by atoms with E-state index in [-0.39, 0.29) is 26.1 Å². The molecule has 106 valence electrons. The van der Waals surface area contributed by atoms with E-state index in [9.17, 15) is 18.3 Å². The van der Waals surface area contributed by atoms with E-state index in [1.54, 1.807) is 0 Å². The van der Waals surface area contributed by atoms with Crippen molar-refractivity contribution in [1.29, 1.82) is 0 Å². The maximum Gasteiger partial charge on any atom is 0.324 e. The van der Waals surface area contributed by atoms with Crippen molar-refractivity contribution in [2.45, 2.75) is 18.6 Å². The molecule has 0 aromatic heterocycles. The summed E-state index contributed by atoms with van der Waals surface area (Å²) in [5.41, 5.74) is 0. The fourth-order valence-corrected chi connectivity index (χ4v) is 3.14. The minimum Gasteiger partial charge on any atom is -0.468 e. The average molecular weight is 282 g/mol. The van der Waals surface area contributed by atoms with Crippen molar-refractivity contribution in [2.24, 2.45) is 0 Å². The molecule has 1 fully saturated rings. The minimum atomic E-state index is -3.83. The van der Waals surface area contributed by atoms with Gasteiger partial charge in [0, 0.05) is 26.6 Å². The Hall–Kier alpha value is -0.740. The average Bonchev–Trinajstić information content (AvgIpc) is 2.71. The Morgan fingerprint density at radius 1 is 1.50 bits per heavy atom. The maximum absolute atomic E-state index is 11.9.